The summed E-state index contributed by atoms with van der Waals surface area (Å²) in [6, 6.07) is 17.3. The molecular formula is C59H68F6N10O8. The molecule has 4 aliphatic heterocycles. The minimum atomic E-state index is -4.73. The van der Waals surface area contributed by atoms with Crippen LogP contribution in [-0.2, 0) is 41.0 Å². The number of urea groups is 2. The van der Waals surface area contributed by atoms with E-state index in [1.165, 1.54) is 47.9 Å². The lowest BCUT2D eigenvalue weighted by Gasteiger charge is -2.43. The van der Waals surface area contributed by atoms with E-state index in [4.69, 9.17) is 20.9 Å². The van der Waals surface area contributed by atoms with Crippen LogP contribution in [0.3, 0.4) is 0 Å². The summed E-state index contributed by atoms with van der Waals surface area (Å²) >= 11 is 0. The largest absolute Gasteiger partial charge is 0.463 e. The topological polar surface area (TPSA) is 199 Å². The van der Waals surface area contributed by atoms with Crippen LogP contribution < -0.4 is 21.3 Å². The highest BCUT2D eigenvalue weighted by Gasteiger charge is 2.47. The van der Waals surface area contributed by atoms with E-state index in [1.807, 2.05) is 0 Å². The lowest BCUT2D eigenvalue weighted by Crippen LogP contribution is -2.56. The van der Waals surface area contributed by atoms with Crippen molar-refractivity contribution in [2.24, 2.45) is 0 Å². The molecule has 444 valence electrons. The van der Waals surface area contributed by atoms with Gasteiger partial charge in [0.2, 0.25) is 11.8 Å². The van der Waals surface area contributed by atoms with Gasteiger partial charge in [-0.25, -0.2) is 19.2 Å². The van der Waals surface area contributed by atoms with Crippen LogP contribution in [0.5, 0.6) is 0 Å². The Balaban J connectivity index is 0.851. The number of ether oxygens (including phenoxy) is 2. The van der Waals surface area contributed by atoms with Crippen LogP contribution in [-0.4, -0.2) is 157 Å². The fourth-order valence-corrected chi connectivity index (χ4v) is 11.0. The SMILES string of the molecule is CCOC(=O)C1=C(C)N(c2cccc(C(F)(F)F)c2)C(=O)N(CC(=O)N2CCN(CCCCCN3CCN(C(=O)CN4C(=O)N(c5cccc(C(F)(F)F)c5)C(C)=C(C(=O)OCC)C4c4ccc(N)cc4)CC3)CC2)C1c1ccc(N)cc1. The molecule has 6 amide bonds. The van der Waals surface area contributed by atoms with Crippen molar-refractivity contribution in [1.82, 2.24) is 29.4 Å². The van der Waals surface area contributed by atoms with Gasteiger partial charge in [-0.1, -0.05) is 42.8 Å². The molecule has 2 unspecified atom stereocenters. The van der Waals surface area contributed by atoms with Gasteiger partial charge in [0.1, 0.15) is 13.1 Å². The molecule has 4 heterocycles. The Morgan fingerprint density at radius 2 is 0.867 bits per heavy atom. The molecular weight excluding hydrogens is 1090 g/mol. The zero-order chi connectivity index (χ0) is 59.9. The number of rotatable bonds is 18. The second kappa shape index (κ2) is 26.0. The second-order valence-corrected chi connectivity index (χ2v) is 20.7. The number of hydrogen-bond donors (Lipinski definition) is 2. The monoisotopic (exact) mass is 1160 g/mol. The van der Waals surface area contributed by atoms with E-state index in [9.17, 15) is 55.1 Å². The first kappa shape index (κ1) is 61.0. The van der Waals surface area contributed by atoms with E-state index in [2.05, 4.69) is 9.80 Å². The molecule has 24 heteroatoms. The van der Waals surface area contributed by atoms with Gasteiger partial charge < -0.3 is 40.5 Å². The van der Waals surface area contributed by atoms with Crippen LogP contribution in [0.4, 0.5) is 58.7 Å². The third-order valence-corrected chi connectivity index (χ3v) is 15.4. The Morgan fingerprint density at radius 1 is 0.518 bits per heavy atom. The Hall–Kier alpha value is -8.12. The number of alkyl halides is 6. The highest BCUT2D eigenvalue weighted by molar-refractivity contribution is 6.06. The minimum Gasteiger partial charge on any atom is -0.463 e. The lowest BCUT2D eigenvalue weighted by molar-refractivity contribution is -0.140. The van der Waals surface area contributed by atoms with Gasteiger partial charge in [0, 0.05) is 75.1 Å². The fraction of sp³-hybridized carbons (Fsp3) is 0.424. The molecule has 2 saturated heterocycles. The summed E-state index contributed by atoms with van der Waals surface area (Å²) < 4.78 is 94.5. The van der Waals surface area contributed by atoms with Crippen LogP contribution in [0, 0.1) is 0 Å². The number of carbonyl (C=O) groups excluding carboxylic acids is 6. The standard InChI is InChI=1S/C59H68F6N10O8/c1-5-82-54(78)50-38(3)74(46-14-10-12-42(34-46)58(60,61)62)56(80)72(52(50)40-16-20-44(66)21-17-40)36-48(76)70-30-26-68(27-31-70)24-8-7-9-25-69-28-32-71(33-29-69)49(77)37-73-53(41-18-22-45(67)23-19-41)51(55(79)83-6-2)39(4)75(57(73)81)47-15-11-13-43(35-47)59(63,64)65/h10-23,34-35,52-53H,5-9,24-33,36-37,66-67H2,1-4H3. The Labute approximate surface area is 477 Å². The number of nitrogen functional groups attached to an aromatic ring is 2. The van der Waals surface area contributed by atoms with Gasteiger partial charge in [0.15, 0.2) is 0 Å². The minimum absolute atomic E-state index is 0.0208. The van der Waals surface area contributed by atoms with Crippen LogP contribution >= 0.6 is 0 Å². The first-order valence-electron chi connectivity index (χ1n) is 27.5. The summed E-state index contributed by atoms with van der Waals surface area (Å²) in [5.74, 6) is -2.43. The van der Waals surface area contributed by atoms with Crippen molar-refractivity contribution < 1.29 is 64.6 Å². The van der Waals surface area contributed by atoms with Crippen LogP contribution in [0.15, 0.2) is 120 Å². The zero-order valence-corrected chi connectivity index (χ0v) is 46.7. The molecule has 2 fully saturated rings. The summed E-state index contributed by atoms with van der Waals surface area (Å²) in [7, 11) is 0. The van der Waals surface area contributed by atoms with E-state index in [1.54, 1.807) is 72.2 Å². The number of carbonyl (C=O) groups is 6. The van der Waals surface area contributed by atoms with E-state index >= 15 is 0 Å². The first-order valence-corrected chi connectivity index (χ1v) is 27.5. The van der Waals surface area contributed by atoms with Crippen LogP contribution in [0.2, 0.25) is 0 Å². The summed E-state index contributed by atoms with van der Waals surface area (Å²) in [5, 5.41) is 0. The summed E-state index contributed by atoms with van der Waals surface area (Å²) in [5.41, 5.74) is 11.5. The number of nitrogens with zero attached hydrogens (tertiary/aromatic N) is 8. The molecule has 8 rings (SSSR count). The fourth-order valence-electron chi connectivity index (χ4n) is 11.0. The van der Waals surface area contributed by atoms with Crippen molar-refractivity contribution in [2.75, 3.05) is 113 Å². The Bertz CT molecular complexity index is 2900. The van der Waals surface area contributed by atoms with Gasteiger partial charge in [-0.2, -0.15) is 26.3 Å². The van der Waals surface area contributed by atoms with E-state index in [-0.39, 0.29) is 47.1 Å². The number of amides is 6. The Kier molecular flexibility index (Phi) is 19.1. The molecule has 0 saturated carbocycles. The number of allylic oxidation sites excluding steroid dienone is 2. The molecule has 4 N–H and O–H groups in total. The third-order valence-electron chi connectivity index (χ3n) is 15.4. The highest BCUT2D eigenvalue weighted by atomic mass is 19.4. The van der Waals surface area contributed by atoms with E-state index in [0.29, 0.717) is 74.9 Å². The molecule has 0 aliphatic carbocycles. The van der Waals surface area contributed by atoms with E-state index in [0.717, 1.165) is 66.4 Å². The molecule has 83 heavy (non-hydrogen) atoms. The molecule has 0 bridgehead atoms. The third kappa shape index (κ3) is 13.9. The van der Waals surface area contributed by atoms with Gasteiger partial charge in [-0.3, -0.25) is 29.2 Å². The first-order chi connectivity index (χ1) is 39.5. The number of benzene rings is 4. The van der Waals surface area contributed by atoms with Crippen molar-refractivity contribution in [2.45, 2.75) is 71.4 Å². The van der Waals surface area contributed by atoms with Crippen molar-refractivity contribution in [3.63, 3.8) is 0 Å². The molecule has 18 nitrogen and oxygen atoms in total. The van der Waals surface area contributed by atoms with Gasteiger partial charge in [-0.15, -0.1) is 0 Å². The van der Waals surface area contributed by atoms with Crippen molar-refractivity contribution >= 4 is 58.6 Å². The molecule has 4 aromatic rings. The van der Waals surface area contributed by atoms with Crippen molar-refractivity contribution in [3.8, 4) is 0 Å². The number of anilines is 4. The average Bonchev–Trinajstić information content (AvgIpc) is 3.29. The van der Waals surface area contributed by atoms with E-state index < -0.39 is 84.5 Å². The van der Waals surface area contributed by atoms with Gasteiger partial charge >= 0.3 is 36.4 Å². The zero-order valence-electron chi connectivity index (χ0n) is 46.7. The highest BCUT2D eigenvalue weighted by Crippen LogP contribution is 2.44. The maximum atomic E-state index is 14.6. The van der Waals surface area contributed by atoms with Gasteiger partial charge in [0.25, 0.3) is 0 Å². The Morgan fingerprint density at radius 3 is 1.19 bits per heavy atom. The number of esters is 2. The molecule has 2 atom stereocenters. The molecule has 0 aromatic heterocycles. The maximum Gasteiger partial charge on any atom is 0.416 e. The molecule has 0 radical (unpaired) electrons. The number of nitrogens with two attached hydrogens (primary N) is 2. The molecule has 4 aliphatic rings. The predicted molar refractivity (Wildman–Crippen MR) is 298 cm³/mol. The summed E-state index contributed by atoms with van der Waals surface area (Å²) in [6.45, 7) is 10.2. The van der Waals surface area contributed by atoms with Crippen molar-refractivity contribution in [3.05, 3.63) is 142 Å². The number of unbranched alkanes of at least 4 members (excludes halogenated alkanes) is 2. The quantitative estimate of drug-likeness (QED) is 0.0417. The number of halogens is 6. The number of piperazine rings is 2. The average molecular weight is 1160 g/mol. The number of hydrogen-bond acceptors (Lipinski definition) is 12. The molecule has 4 aromatic carbocycles. The lowest BCUT2D eigenvalue weighted by atomic mass is 9.92. The maximum absolute atomic E-state index is 14.6. The predicted octanol–water partition coefficient (Wildman–Crippen LogP) is 8.69. The van der Waals surface area contributed by atoms with Gasteiger partial charge in [0.05, 0.1) is 58.9 Å². The second-order valence-electron chi connectivity index (χ2n) is 20.7. The molecule has 0 spiro atoms. The summed E-state index contributed by atoms with van der Waals surface area (Å²) in [4.78, 5) is 97.4. The van der Waals surface area contributed by atoms with Crippen LogP contribution in [0.25, 0.3) is 0 Å². The van der Waals surface area contributed by atoms with Crippen LogP contribution in [0.1, 0.15) is 81.3 Å². The van der Waals surface area contributed by atoms with Gasteiger partial charge in [-0.05, 0) is 125 Å². The van der Waals surface area contributed by atoms with Crippen molar-refractivity contribution in [1.29, 1.82) is 0 Å². The normalized spacial score (nSPS) is 18.8. The summed E-state index contributed by atoms with van der Waals surface area (Å²) in [6.07, 6.45) is -6.83. The smallest absolute Gasteiger partial charge is 0.416 e.